The molecule has 2 aromatic heterocycles. The molecule has 1 aliphatic rings. The van der Waals surface area contributed by atoms with Gasteiger partial charge in [0, 0.05) is 36.9 Å². The lowest BCUT2D eigenvalue weighted by atomic mass is 10.0. The Morgan fingerprint density at radius 1 is 1.21 bits per heavy atom. The van der Waals surface area contributed by atoms with Crippen LogP contribution in [0.5, 0.6) is 0 Å². The van der Waals surface area contributed by atoms with Crippen molar-refractivity contribution in [3.05, 3.63) is 59.0 Å². The molecule has 0 unspecified atom stereocenters. The Bertz CT molecular complexity index is 1320. The lowest BCUT2D eigenvalue weighted by molar-refractivity contribution is -0.132. The molecule has 3 heterocycles. The molecular formula is C23H26N6O3S. The highest BCUT2D eigenvalue weighted by atomic mass is 32.2. The fraction of sp³-hybridized carbons (Fsp3) is 0.391. The van der Waals surface area contributed by atoms with Crippen molar-refractivity contribution >= 4 is 21.6 Å². The number of hydrogen-bond donors (Lipinski definition) is 1. The molecule has 3 aromatic rings. The van der Waals surface area contributed by atoms with Crippen LogP contribution in [0.3, 0.4) is 0 Å². The van der Waals surface area contributed by atoms with Crippen LogP contribution < -0.4 is 4.72 Å². The van der Waals surface area contributed by atoms with Crippen LogP contribution in [0, 0.1) is 25.2 Å². The molecule has 0 saturated carbocycles. The minimum absolute atomic E-state index is 0.0384. The number of nitrogens with zero attached hydrogens (tertiary/aromatic N) is 5. The van der Waals surface area contributed by atoms with Gasteiger partial charge in [0.05, 0.1) is 11.1 Å². The van der Waals surface area contributed by atoms with E-state index in [9.17, 15) is 18.5 Å². The van der Waals surface area contributed by atoms with Gasteiger partial charge in [0.1, 0.15) is 11.6 Å². The summed E-state index contributed by atoms with van der Waals surface area (Å²) in [4.78, 5) is 19.4. The first-order chi connectivity index (χ1) is 15.8. The van der Waals surface area contributed by atoms with E-state index < -0.39 is 10.0 Å². The van der Waals surface area contributed by atoms with Crippen molar-refractivity contribution in [2.24, 2.45) is 0 Å². The van der Waals surface area contributed by atoms with Crippen LogP contribution in [0.2, 0.25) is 0 Å². The van der Waals surface area contributed by atoms with Crippen molar-refractivity contribution < 1.29 is 13.2 Å². The second-order valence-electron chi connectivity index (χ2n) is 8.26. The minimum atomic E-state index is -3.56. The number of piperidine rings is 1. The number of aryl methyl sites for hydroxylation is 2. The quantitative estimate of drug-likeness (QED) is 0.594. The number of carbonyl (C=O) groups is 1. The van der Waals surface area contributed by atoms with E-state index in [-0.39, 0.29) is 16.8 Å². The van der Waals surface area contributed by atoms with E-state index in [4.69, 9.17) is 0 Å². The number of benzene rings is 1. The molecule has 1 aromatic carbocycles. The average molecular weight is 467 g/mol. The Kier molecular flexibility index (Phi) is 6.44. The molecule has 0 spiro atoms. The predicted octanol–water partition coefficient (Wildman–Crippen LogP) is 2.12. The van der Waals surface area contributed by atoms with Crippen LogP contribution in [0.25, 0.3) is 5.65 Å². The fourth-order valence-corrected chi connectivity index (χ4v) is 5.60. The topological polar surface area (TPSA) is 120 Å². The van der Waals surface area contributed by atoms with Crippen LogP contribution >= 0.6 is 0 Å². The van der Waals surface area contributed by atoms with Crippen molar-refractivity contribution in [3.63, 3.8) is 0 Å². The maximum atomic E-state index is 12.8. The third-order valence-electron chi connectivity index (χ3n) is 6.14. The van der Waals surface area contributed by atoms with Gasteiger partial charge in [-0.05, 0) is 50.8 Å². The normalized spacial score (nSPS) is 15.0. The second kappa shape index (κ2) is 9.29. The standard InChI is InChI=1S/C23H26N6O3S/c1-16-21(17(2)29-23(26-16)18(14-24)15-25-29)8-9-22(30)28-12-10-19(11-13-28)27-33(31,32)20-6-4-3-5-7-20/h3-7,15,19,27H,8-13H2,1-2H3. The van der Waals surface area contributed by atoms with Crippen LogP contribution in [0.15, 0.2) is 41.4 Å². The zero-order valence-electron chi connectivity index (χ0n) is 18.7. The van der Waals surface area contributed by atoms with Gasteiger partial charge in [0.2, 0.25) is 15.9 Å². The highest BCUT2D eigenvalue weighted by Crippen LogP contribution is 2.20. The summed E-state index contributed by atoms with van der Waals surface area (Å²) in [6.45, 7) is 4.83. The summed E-state index contributed by atoms with van der Waals surface area (Å²) < 4.78 is 29.5. The van der Waals surface area contributed by atoms with Crippen LogP contribution in [0.4, 0.5) is 0 Å². The van der Waals surface area contributed by atoms with E-state index in [1.165, 1.54) is 6.20 Å². The molecule has 1 saturated heterocycles. The number of fused-ring (bicyclic) bond motifs is 1. The number of nitrogens with one attached hydrogen (secondary N) is 1. The van der Waals surface area contributed by atoms with Gasteiger partial charge >= 0.3 is 0 Å². The minimum Gasteiger partial charge on any atom is -0.343 e. The molecule has 33 heavy (non-hydrogen) atoms. The average Bonchev–Trinajstić information content (AvgIpc) is 3.22. The summed E-state index contributed by atoms with van der Waals surface area (Å²) in [5, 5.41) is 13.5. The highest BCUT2D eigenvalue weighted by Gasteiger charge is 2.27. The molecule has 1 N–H and O–H groups in total. The fourth-order valence-electron chi connectivity index (χ4n) is 4.28. The van der Waals surface area contributed by atoms with Crippen LogP contribution in [-0.2, 0) is 21.2 Å². The van der Waals surface area contributed by atoms with E-state index >= 15 is 0 Å². The Morgan fingerprint density at radius 2 is 1.91 bits per heavy atom. The monoisotopic (exact) mass is 466 g/mol. The molecule has 10 heteroatoms. The van der Waals surface area contributed by atoms with Gasteiger partial charge in [0.15, 0.2) is 5.65 Å². The molecule has 1 amide bonds. The third-order valence-corrected chi connectivity index (χ3v) is 7.68. The Labute approximate surface area is 193 Å². The van der Waals surface area contributed by atoms with Crippen LogP contribution in [0.1, 0.15) is 41.8 Å². The lowest BCUT2D eigenvalue weighted by Crippen LogP contribution is -2.46. The van der Waals surface area contributed by atoms with Gasteiger partial charge in [-0.1, -0.05) is 18.2 Å². The molecule has 0 atom stereocenters. The van der Waals surface area contributed by atoms with E-state index in [0.717, 1.165) is 17.0 Å². The summed E-state index contributed by atoms with van der Waals surface area (Å²) in [5.41, 5.74) is 3.57. The molecule has 1 fully saturated rings. The first kappa shape index (κ1) is 22.9. The maximum absolute atomic E-state index is 12.8. The molecular weight excluding hydrogens is 440 g/mol. The Hall–Kier alpha value is -3.29. The van der Waals surface area contributed by atoms with Gasteiger partial charge in [0.25, 0.3) is 0 Å². The summed E-state index contributed by atoms with van der Waals surface area (Å²) in [6.07, 6.45) is 3.52. The molecule has 1 aliphatic heterocycles. The molecule has 172 valence electrons. The lowest BCUT2D eigenvalue weighted by Gasteiger charge is -2.32. The maximum Gasteiger partial charge on any atom is 0.240 e. The van der Waals surface area contributed by atoms with Gasteiger partial charge in [-0.15, -0.1) is 0 Å². The molecule has 0 radical (unpaired) electrons. The van der Waals surface area contributed by atoms with Crippen molar-refractivity contribution in [2.45, 2.75) is 50.5 Å². The Morgan fingerprint density at radius 3 is 2.58 bits per heavy atom. The third kappa shape index (κ3) is 4.74. The van der Waals surface area contributed by atoms with Gasteiger partial charge in [-0.2, -0.15) is 10.4 Å². The summed E-state index contributed by atoms with van der Waals surface area (Å²) in [7, 11) is -3.56. The SMILES string of the molecule is Cc1nc2c(C#N)cnn2c(C)c1CCC(=O)N1CCC(NS(=O)(=O)c2ccccc2)CC1. The van der Waals surface area contributed by atoms with Crippen molar-refractivity contribution in [1.82, 2.24) is 24.2 Å². The first-order valence-electron chi connectivity index (χ1n) is 10.9. The van der Waals surface area contributed by atoms with E-state index in [0.29, 0.717) is 50.0 Å². The zero-order chi connectivity index (χ0) is 23.6. The summed E-state index contributed by atoms with van der Waals surface area (Å²) in [6, 6.07) is 10.2. The number of amides is 1. The summed E-state index contributed by atoms with van der Waals surface area (Å²) in [5.74, 6) is 0.0384. The van der Waals surface area contributed by atoms with Gasteiger partial charge in [-0.25, -0.2) is 22.6 Å². The van der Waals surface area contributed by atoms with Gasteiger partial charge < -0.3 is 4.90 Å². The predicted molar refractivity (Wildman–Crippen MR) is 122 cm³/mol. The van der Waals surface area contributed by atoms with Crippen molar-refractivity contribution in [3.8, 4) is 6.07 Å². The number of likely N-dealkylation sites (tertiary alicyclic amines) is 1. The van der Waals surface area contributed by atoms with E-state index in [2.05, 4.69) is 20.9 Å². The first-order valence-corrected chi connectivity index (χ1v) is 12.4. The highest BCUT2D eigenvalue weighted by molar-refractivity contribution is 7.89. The van der Waals surface area contributed by atoms with Gasteiger partial charge in [-0.3, -0.25) is 4.79 Å². The smallest absolute Gasteiger partial charge is 0.240 e. The van der Waals surface area contributed by atoms with Crippen LogP contribution in [-0.4, -0.2) is 53.0 Å². The molecule has 9 nitrogen and oxygen atoms in total. The second-order valence-corrected chi connectivity index (χ2v) is 9.97. The zero-order valence-corrected chi connectivity index (χ0v) is 19.5. The molecule has 4 rings (SSSR count). The van der Waals surface area contributed by atoms with Crippen molar-refractivity contribution in [2.75, 3.05) is 13.1 Å². The number of aromatic nitrogens is 3. The summed E-state index contributed by atoms with van der Waals surface area (Å²) >= 11 is 0. The van der Waals surface area contributed by atoms with Crippen molar-refractivity contribution in [1.29, 1.82) is 5.26 Å². The number of carbonyl (C=O) groups excluding carboxylic acids is 1. The molecule has 0 bridgehead atoms. The van der Waals surface area contributed by atoms with E-state index in [1.807, 2.05) is 13.8 Å². The number of nitriles is 1. The number of sulfonamides is 1. The molecule has 0 aliphatic carbocycles. The number of rotatable bonds is 6. The van der Waals surface area contributed by atoms with E-state index in [1.54, 1.807) is 39.7 Å². The Balaban J connectivity index is 1.34. The number of hydrogen-bond acceptors (Lipinski definition) is 6. The largest absolute Gasteiger partial charge is 0.343 e.